The van der Waals surface area contributed by atoms with Gasteiger partial charge in [0.2, 0.25) is 5.91 Å². The average molecular weight is 375 g/mol. The summed E-state index contributed by atoms with van der Waals surface area (Å²) >= 11 is 5.95. The minimum absolute atomic E-state index is 0.0607. The van der Waals surface area contributed by atoms with Crippen molar-refractivity contribution >= 4 is 40.8 Å². The maximum Gasteiger partial charge on any atom is 0.303 e. The molecule has 2 aromatic carbocycles. The number of carboxylic acids is 1. The van der Waals surface area contributed by atoms with Crippen LogP contribution in [0.2, 0.25) is 5.02 Å². The van der Waals surface area contributed by atoms with Crippen LogP contribution in [0.25, 0.3) is 0 Å². The molecule has 0 atom stereocenters. The number of nitrogens with one attached hydrogen (secondary N) is 2. The second kappa shape index (κ2) is 9.01. The van der Waals surface area contributed by atoms with Gasteiger partial charge in [-0.1, -0.05) is 23.7 Å². The van der Waals surface area contributed by atoms with Gasteiger partial charge in [0.1, 0.15) is 0 Å². The number of hydrogen-bond donors (Lipinski definition) is 3. The van der Waals surface area contributed by atoms with Crippen molar-refractivity contribution in [3.05, 3.63) is 58.6 Å². The molecule has 0 radical (unpaired) electrons. The number of carboxylic acid groups (broad SMARTS) is 1. The van der Waals surface area contributed by atoms with Crippen molar-refractivity contribution in [2.45, 2.75) is 26.2 Å². The van der Waals surface area contributed by atoms with Crippen molar-refractivity contribution in [1.82, 2.24) is 0 Å². The standard InChI is InChI=1S/C19H19ClN2O4/c1-12-8-9-14(20)11-16(12)22-19(26)13-4-2-5-15(10-13)21-17(23)6-3-7-18(24)25/h2,4-5,8-11H,3,6-7H2,1H3,(H,21,23)(H,22,26)(H,24,25). The maximum atomic E-state index is 12.4. The molecule has 0 saturated carbocycles. The summed E-state index contributed by atoms with van der Waals surface area (Å²) in [7, 11) is 0. The average Bonchev–Trinajstić information content (AvgIpc) is 2.58. The number of aliphatic carboxylic acids is 1. The van der Waals surface area contributed by atoms with E-state index in [4.69, 9.17) is 16.7 Å². The minimum Gasteiger partial charge on any atom is -0.481 e. The molecule has 0 aliphatic carbocycles. The quantitative estimate of drug-likeness (QED) is 0.680. The number of carbonyl (C=O) groups is 3. The topological polar surface area (TPSA) is 95.5 Å². The highest BCUT2D eigenvalue weighted by Crippen LogP contribution is 2.21. The summed E-state index contributed by atoms with van der Waals surface area (Å²) < 4.78 is 0. The van der Waals surface area contributed by atoms with E-state index in [0.717, 1.165) is 5.56 Å². The molecule has 136 valence electrons. The van der Waals surface area contributed by atoms with Gasteiger partial charge >= 0.3 is 5.97 Å². The normalized spacial score (nSPS) is 10.2. The molecule has 2 amide bonds. The van der Waals surface area contributed by atoms with Gasteiger partial charge in [-0.15, -0.1) is 0 Å². The van der Waals surface area contributed by atoms with Gasteiger partial charge in [-0.05, 0) is 49.2 Å². The molecule has 0 unspecified atom stereocenters. The fourth-order valence-electron chi connectivity index (χ4n) is 2.29. The highest BCUT2D eigenvalue weighted by atomic mass is 35.5. The molecule has 2 aromatic rings. The zero-order valence-corrected chi connectivity index (χ0v) is 15.0. The Balaban J connectivity index is 2.01. The van der Waals surface area contributed by atoms with Crippen molar-refractivity contribution in [2.24, 2.45) is 0 Å². The van der Waals surface area contributed by atoms with Gasteiger partial charge in [0.05, 0.1) is 0 Å². The predicted molar refractivity (Wildman–Crippen MR) is 101 cm³/mol. The predicted octanol–water partition coefficient (Wildman–Crippen LogP) is 4.09. The Morgan fingerprint density at radius 2 is 1.81 bits per heavy atom. The third-order valence-corrected chi connectivity index (χ3v) is 3.89. The summed E-state index contributed by atoms with van der Waals surface area (Å²) in [6.45, 7) is 1.86. The van der Waals surface area contributed by atoms with Crippen LogP contribution in [0, 0.1) is 6.92 Å². The van der Waals surface area contributed by atoms with Gasteiger partial charge in [-0.3, -0.25) is 14.4 Å². The Bertz CT molecular complexity index is 836. The lowest BCUT2D eigenvalue weighted by Crippen LogP contribution is -2.15. The van der Waals surface area contributed by atoms with E-state index in [1.807, 2.05) is 13.0 Å². The Hall–Kier alpha value is -2.86. The molecule has 0 bridgehead atoms. The first-order chi connectivity index (χ1) is 12.3. The molecule has 3 N–H and O–H groups in total. The van der Waals surface area contributed by atoms with Crippen molar-refractivity contribution < 1.29 is 19.5 Å². The lowest BCUT2D eigenvalue weighted by molar-refractivity contribution is -0.137. The van der Waals surface area contributed by atoms with Crippen LogP contribution >= 0.6 is 11.6 Å². The number of hydrogen-bond acceptors (Lipinski definition) is 3. The zero-order chi connectivity index (χ0) is 19.1. The Morgan fingerprint density at radius 1 is 1.04 bits per heavy atom. The van der Waals surface area contributed by atoms with Crippen LogP contribution in [0.5, 0.6) is 0 Å². The number of benzene rings is 2. The monoisotopic (exact) mass is 374 g/mol. The van der Waals surface area contributed by atoms with Crippen LogP contribution in [0.4, 0.5) is 11.4 Å². The van der Waals surface area contributed by atoms with E-state index in [1.54, 1.807) is 36.4 Å². The molecule has 26 heavy (non-hydrogen) atoms. The summed E-state index contributed by atoms with van der Waals surface area (Å²) in [4.78, 5) is 34.7. The summed E-state index contributed by atoms with van der Waals surface area (Å²) in [5.74, 6) is -1.56. The van der Waals surface area contributed by atoms with Gasteiger partial charge in [0, 0.05) is 34.8 Å². The first-order valence-electron chi connectivity index (χ1n) is 8.04. The number of amides is 2. The summed E-state index contributed by atoms with van der Waals surface area (Å²) in [6, 6.07) is 11.7. The fourth-order valence-corrected chi connectivity index (χ4v) is 2.46. The third-order valence-electron chi connectivity index (χ3n) is 3.65. The van der Waals surface area contributed by atoms with E-state index < -0.39 is 5.97 Å². The third kappa shape index (κ3) is 5.89. The molecule has 0 aliphatic heterocycles. The second-order valence-corrected chi connectivity index (χ2v) is 6.23. The first-order valence-corrected chi connectivity index (χ1v) is 8.42. The van der Waals surface area contributed by atoms with Crippen LogP contribution in [0.1, 0.15) is 35.2 Å². The van der Waals surface area contributed by atoms with E-state index in [2.05, 4.69) is 10.6 Å². The number of rotatable bonds is 7. The largest absolute Gasteiger partial charge is 0.481 e. The molecule has 6 nitrogen and oxygen atoms in total. The van der Waals surface area contributed by atoms with E-state index in [1.165, 1.54) is 0 Å². The van der Waals surface area contributed by atoms with Gasteiger partial charge in [-0.2, -0.15) is 0 Å². The van der Waals surface area contributed by atoms with E-state index in [-0.39, 0.29) is 31.1 Å². The van der Waals surface area contributed by atoms with Crippen LogP contribution in [-0.2, 0) is 9.59 Å². The first kappa shape index (κ1) is 19.5. The number of anilines is 2. The maximum absolute atomic E-state index is 12.4. The molecule has 0 saturated heterocycles. The molecule has 0 spiro atoms. The van der Waals surface area contributed by atoms with Crippen molar-refractivity contribution in [3.8, 4) is 0 Å². The number of aryl methyl sites for hydroxylation is 1. The minimum atomic E-state index is -0.937. The number of carbonyl (C=O) groups excluding carboxylic acids is 2. The van der Waals surface area contributed by atoms with Crippen LogP contribution in [-0.4, -0.2) is 22.9 Å². The molecular weight excluding hydrogens is 356 g/mol. The van der Waals surface area contributed by atoms with E-state index in [9.17, 15) is 14.4 Å². The van der Waals surface area contributed by atoms with E-state index in [0.29, 0.717) is 22.0 Å². The lowest BCUT2D eigenvalue weighted by atomic mass is 10.1. The Morgan fingerprint density at radius 3 is 2.54 bits per heavy atom. The van der Waals surface area contributed by atoms with Gasteiger partial charge in [0.25, 0.3) is 5.91 Å². The van der Waals surface area contributed by atoms with Crippen LogP contribution in [0.15, 0.2) is 42.5 Å². The molecule has 2 rings (SSSR count). The highest BCUT2D eigenvalue weighted by Gasteiger charge is 2.10. The van der Waals surface area contributed by atoms with Gasteiger partial charge in [-0.25, -0.2) is 0 Å². The lowest BCUT2D eigenvalue weighted by Gasteiger charge is -2.10. The Labute approximate surface area is 156 Å². The fraction of sp³-hybridized carbons (Fsp3) is 0.211. The van der Waals surface area contributed by atoms with Crippen molar-refractivity contribution in [1.29, 1.82) is 0 Å². The smallest absolute Gasteiger partial charge is 0.303 e. The molecule has 0 aliphatic rings. The summed E-state index contributed by atoms with van der Waals surface area (Å²) in [5.41, 5.74) is 2.35. The van der Waals surface area contributed by atoms with Gasteiger partial charge in [0.15, 0.2) is 0 Å². The Kier molecular flexibility index (Phi) is 6.74. The molecule has 0 aromatic heterocycles. The summed E-state index contributed by atoms with van der Waals surface area (Å²) in [6.07, 6.45) is 0.300. The van der Waals surface area contributed by atoms with Crippen molar-refractivity contribution in [2.75, 3.05) is 10.6 Å². The van der Waals surface area contributed by atoms with E-state index >= 15 is 0 Å². The second-order valence-electron chi connectivity index (χ2n) is 5.79. The SMILES string of the molecule is Cc1ccc(Cl)cc1NC(=O)c1cccc(NC(=O)CCCC(=O)O)c1. The van der Waals surface area contributed by atoms with Gasteiger partial charge < -0.3 is 15.7 Å². The number of halogens is 1. The zero-order valence-electron chi connectivity index (χ0n) is 14.2. The summed E-state index contributed by atoms with van der Waals surface area (Å²) in [5, 5.41) is 14.6. The highest BCUT2D eigenvalue weighted by molar-refractivity contribution is 6.31. The van der Waals surface area contributed by atoms with Crippen LogP contribution < -0.4 is 10.6 Å². The molecular formula is C19H19ClN2O4. The molecule has 0 fully saturated rings. The molecule has 7 heteroatoms. The molecule has 0 heterocycles. The van der Waals surface area contributed by atoms with Crippen molar-refractivity contribution in [3.63, 3.8) is 0 Å². The van der Waals surface area contributed by atoms with Crippen LogP contribution in [0.3, 0.4) is 0 Å².